The molecule has 1 unspecified atom stereocenters. The van der Waals surface area contributed by atoms with E-state index in [4.69, 9.17) is 16.0 Å². The fourth-order valence-electron chi connectivity index (χ4n) is 1.68. The fraction of sp³-hybridized carbons (Fsp3) is 0.167. The van der Waals surface area contributed by atoms with Crippen LogP contribution < -0.4 is 5.32 Å². The van der Waals surface area contributed by atoms with E-state index in [-0.39, 0.29) is 6.04 Å². The highest BCUT2D eigenvalue weighted by Gasteiger charge is 2.17. The Labute approximate surface area is 108 Å². The number of hydrogen-bond donors (Lipinski definition) is 1. The predicted molar refractivity (Wildman–Crippen MR) is 68.8 cm³/mol. The number of nitrogens with one attached hydrogen (secondary N) is 1. The van der Waals surface area contributed by atoms with Crippen LogP contribution in [-0.4, -0.2) is 7.05 Å². The van der Waals surface area contributed by atoms with Crippen molar-refractivity contribution in [1.82, 2.24) is 5.32 Å². The largest absolute Gasteiger partial charge is 0.472 e. The molecule has 0 aliphatic carbocycles. The summed E-state index contributed by atoms with van der Waals surface area (Å²) in [5.74, 6) is 0. The number of halogens is 2. The van der Waals surface area contributed by atoms with Crippen LogP contribution in [0.25, 0.3) is 0 Å². The van der Waals surface area contributed by atoms with Gasteiger partial charge in [-0.2, -0.15) is 0 Å². The van der Waals surface area contributed by atoms with Gasteiger partial charge in [-0.3, -0.25) is 0 Å². The molecule has 0 bridgehead atoms. The molecule has 1 heterocycles. The Hall–Kier alpha value is -0.770. The van der Waals surface area contributed by atoms with Crippen LogP contribution >= 0.6 is 27.5 Å². The summed E-state index contributed by atoms with van der Waals surface area (Å²) in [4.78, 5) is 0. The van der Waals surface area contributed by atoms with Gasteiger partial charge in [0.2, 0.25) is 0 Å². The van der Waals surface area contributed by atoms with Gasteiger partial charge >= 0.3 is 0 Å². The Balaban J connectivity index is 2.45. The zero-order valence-electron chi connectivity index (χ0n) is 8.71. The molecule has 84 valence electrons. The molecule has 2 aromatic rings. The van der Waals surface area contributed by atoms with E-state index in [1.165, 1.54) is 0 Å². The summed E-state index contributed by atoms with van der Waals surface area (Å²) in [5, 5.41) is 3.95. The van der Waals surface area contributed by atoms with Crippen molar-refractivity contribution in [2.45, 2.75) is 6.04 Å². The topological polar surface area (TPSA) is 25.2 Å². The second kappa shape index (κ2) is 5.04. The van der Waals surface area contributed by atoms with E-state index in [1.807, 2.05) is 31.3 Å². The zero-order chi connectivity index (χ0) is 11.5. The van der Waals surface area contributed by atoms with Gasteiger partial charge in [0.25, 0.3) is 0 Å². The Kier molecular flexibility index (Phi) is 3.69. The monoisotopic (exact) mass is 299 g/mol. The van der Waals surface area contributed by atoms with Crippen LogP contribution in [0.4, 0.5) is 0 Å². The van der Waals surface area contributed by atoms with Crippen molar-refractivity contribution in [3.63, 3.8) is 0 Å². The van der Waals surface area contributed by atoms with E-state index >= 15 is 0 Å². The molecule has 0 saturated carbocycles. The van der Waals surface area contributed by atoms with E-state index < -0.39 is 0 Å². The lowest BCUT2D eigenvalue weighted by atomic mass is 10.0. The summed E-state index contributed by atoms with van der Waals surface area (Å²) in [6.45, 7) is 0. The Morgan fingerprint density at radius 1 is 1.38 bits per heavy atom. The van der Waals surface area contributed by atoms with Crippen molar-refractivity contribution in [3.05, 3.63) is 57.4 Å². The maximum atomic E-state index is 6.27. The van der Waals surface area contributed by atoms with Gasteiger partial charge in [-0.15, -0.1) is 0 Å². The molecule has 1 N–H and O–H groups in total. The van der Waals surface area contributed by atoms with Gasteiger partial charge in [0.15, 0.2) is 0 Å². The minimum Gasteiger partial charge on any atom is -0.472 e. The van der Waals surface area contributed by atoms with E-state index in [9.17, 15) is 0 Å². The Morgan fingerprint density at radius 2 is 2.19 bits per heavy atom. The van der Waals surface area contributed by atoms with Crippen LogP contribution in [0.2, 0.25) is 5.02 Å². The van der Waals surface area contributed by atoms with Crippen LogP contribution in [0.3, 0.4) is 0 Å². The fourth-order valence-corrected chi connectivity index (χ4v) is 2.30. The number of rotatable bonds is 3. The first kappa shape index (κ1) is 11.7. The lowest BCUT2D eigenvalue weighted by molar-refractivity contribution is 0.557. The van der Waals surface area contributed by atoms with Crippen molar-refractivity contribution in [3.8, 4) is 0 Å². The Bertz CT molecular complexity index is 470. The smallest absolute Gasteiger partial charge is 0.0953 e. The van der Waals surface area contributed by atoms with Crippen molar-refractivity contribution in [1.29, 1.82) is 0 Å². The normalized spacial score (nSPS) is 12.7. The molecule has 1 atom stereocenters. The average Bonchev–Trinajstić information content (AvgIpc) is 2.79. The average molecular weight is 301 g/mol. The molecule has 0 aliphatic rings. The minimum absolute atomic E-state index is 0.0451. The number of benzene rings is 1. The molecule has 1 aromatic carbocycles. The maximum Gasteiger partial charge on any atom is 0.0953 e. The molecule has 0 spiro atoms. The first-order valence-electron chi connectivity index (χ1n) is 4.87. The molecular formula is C12H11BrClNO. The van der Waals surface area contributed by atoms with Crippen LogP contribution in [0.15, 0.2) is 45.7 Å². The molecule has 4 heteroatoms. The molecule has 0 aliphatic heterocycles. The molecule has 16 heavy (non-hydrogen) atoms. The molecular weight excluding hydrogens is 289 g/mol. The molecule has 1 aromatic heterocycles. The quantitative estimate of drug-likeness (QED) is 0.926. The minimum atomic E-state index is 0.0451. The first-order chi connectivity index (χ1) is 7.74. The summed E-state index contributed by atoms with van der Waals surface area (Å²) >= 11 is 9.69. The van der Waals surface area contributed by atoms with E-state index in [2.05, 4.69) is 21.2 Å². The summed E-state index contributed by atoms with van der Waals surface area (Å²) in [7, 11) is 1.90. The highest BCUT2D eigenvalue weighted by atomic mass is 79.9. The van der Waals surface area contributed by atoms with Crippen LogP contribution in [-0.2, 0) is 0 Å². The summed E-state index contributed by atoms with van der Waals surface area (Å²) < 4.78 is 5.99. The van der Waals surface area contributed by atoms with Gasteiger partial charge in [-0.25, -0.2) is 0 Å². The van der Waals surface area contributed by atoms with Gasteiger partial charge < -0.3 is 9.73 Å². The molecule has 0 amide bonds. The summed E-state index contributed by atoms with van der Waals surface area (Å²) in [5.41, 5.74) is 2.09. The van der Waals surface area contributed by atoms with E-state index in [0.29, 0.717) is 0 Å². The highest BCUT2D eigenvalue weighted by Crippen LogP contribution is 2.33. The van der Waals surface area contributed by atoms with Crippen LogP contribution in [0.1, 0.15) is 17.2 Å². The SMILES string of the molecule is CNC(c1ccoc1)c1cccc(Br)c1Cl. The lowest BCUT2D eigenvalue weighted by Crippen LogP contribution is -2.17. The number of hydrogen-bond acceptors (Lipinski definition) is 2. The summed E-state index contributed by atoms with van der Waals surface area (Å²) in [6, 6.07) is 7.87. The van der Waals surface area contributed by atoms with Crippen molar-refractivity contribution in [2.75, 3.05) is 7.05 Å². The third-order valence-electron chi connectivity index (χ3n) is 2.46. The van der Waals surface area contributed by atoms with E-state index in [0.717, 1.165) is 20.6 Å². The third-order valence-corrected chi connectivity index (χ3v) is 3.77. The maximum absolute atomic E-state index is 6.27. The van der Waals surface area contributed by atoms with Gasteiger partial charge in [0.05, 0.1) is 23.6 Å². The third kappa shape index (κ3) is 2.17. The summed E-state index contributed by atoms with van der Waals surface area (Å²) in [6.07, 6.45) is 3.38. The van der Waals surface area contributed by atoms with Gasteiger partial charge in [-0.1, -0.05) is 23.7 Å². The van der Waals surface area contributed by atoms with Crippen molar-refractivity contribution < 1.29 is 4.42 Å². The second-order valence-electron chi connectivity index (χ2n) is 3.42. The Morgan fingerprint density at radius 3 is 2.81 bits per heavy atom. The zero-order valence-corrected chi connectivity index (χ0v) is 11.0. The molecule has 2 rings (SSSR count). The number of furan rings is 1. The molecule has 2 nitrogen and oxygen atoms in total. The van der Waals surface area contributed by atoms with Crippen molar-refractivity contribution >= 4 is 27.5 Å². The molecule has 0 fully saturated rings. The first-order valence-corrected chi connectivity index (χ1v) is 6.04. The van der Waals surface area contributed by atoms with Gasteiger partial charge in [0.1, 0.15) is 0 Å². The van der Waals surface area contributed by atoms with E-state index in [1.54, 1.807) is 12.5 Å². The highest BCUT2D eigenvalue weighted by molar-refractivity contribution is 9.10. The molecule has 0 radical (unpaired) electrons. The van der Waals surface area contributed by atoms with Crippen LogP contribution in [0, 0.1) is 0 Å². The van der Waals surface area contributed by atoms with Crippen LogP contribution in [0.5, 0.6) is 0 Å². The van der Waals surface area contributed by atoms with Crippen molar-refractivity contribution in [2.24, 2.45) is 0 Å². The lowest BCUT2D eigenvalue weighted by Gasteiger charge is -2.17. The van der Waals surface area contributed by atoms with Gasteiger partial charge in [-0.05, 0) is 40.7 Å². The predicted octanol–water partition coefficient (Wildman–Crippen LogP) is 4.00. The standard InChI is InChI=1S/C12H11BrClNO/c1-15-12(8-5-6-16-7-8)9-3-2-4-10(13)11(9)14/h2-7,12,15H,1H3. The second-order valence-corrected chi connectivity index (χ2v) is 4.65. The molecule has 0 saturated heterocycles. The van der Waals surface area contributed by atoms with Gasteiger partial charge in [0, 0.05) is 10.0 Å².